The molecular formula is C29H24F3N5O. The number of piperazine rings is 1. The van der Waals surface area contributed by atoms with E-state index in [1.165, 1.54) is 12.1 Å². The summed E-state index contributed by atoms with van der Waals surface area (Å²) < 4.78 is 39.0. The van der Waals surface area contributed by atoms with Crippen molar-refractivity contribution in [1.82, 2.24) is 15.1 Å². The van der Waals surface area contributed by atoms with Crippen LogP contribution < -0.4 is 4.90 Å². The normalized spacial score (nSPS) is 15.9. The third-order valence-electron chi connectivity index (χ3n) is 6.84. The summed E-state index contributed by atoms with van der Waals surface area (Å²) in [6, 6.07) is 21.6. The number of amides is 1. The number of halogens is 3. The molecule has 5 rings (SSSR count). The maximum Gasteiger partial charge on any atom is 0.416 e. The first-order valence-electron chi connectivity index (χ1n) is 12.2. The van der Waals surface area contributed by atoms with Gasteiger partial charge in [0.2, 0.25) is 5.91 Å². The lowest BCUT2D eigenvalue weighted by atomic mass is 10.0. The quantitative estimate of drug-likeness (QED) is 0.361. The first-order valence-corrected chi connectivity index (χ1v) is 12.2. The number of nitrogens with zero attached hydrogens (tertiary/aromatic N) is 5. The number of fused-ring (bicyclic) bond motifs is 1. The first kappa shape index (κ1) is 25.2. The molecule has 0 aliphatic carbocycles. The van der Waals surface area contributed by atoms with Gasteiger partial charge >= 0.3 is 6.18 Å². The highest BCUT2D eigenvalue weighted by atomic mass is 19.4. The molecule has 6 nitrogen and oxygen atoms in total. The fraction of sp³-hybridized carbons (Fsp3) is 0.241. The van der Waals surface area contributed by atoms with Crippen LogP contribution in [0.5, 0.6) is 0 Å². The Hall–Kier alpha value is -4.45. The van der Waals surface area contributed by atoms with Crippen molar-refractivity contribution in [3.63, 3.8) is 0 Å². The highest BCUT2D eigenvalue weighted by Gasteiger charge is 2.31. The molecule has 1 aliphatic heterocycles. The van der Waals surface area contributed by atoms with Gasteiger partial charge in [-0.2, -0.15) is 18.4 Å². The van der Waals surface area contributed by atoms with Crippen LogP contribution in [-0.2, 0) is 17.4 Å². The molecule has 0 unspecified atom stereocenters. The highest BCUT2D eigenvalue weighted by molar-refractivity contribution is 6.00. The van der Waals surface area contributed by atoms with E-state index in [2.05, 4.69) is 21.2 Å². The van der Waals surface area contributed by atoms with E-state index in [9.17, 15) is 18.0 Å². The molecule has 1 amide bonds. The Morgan fingerprint density at radius 1 is 0.974 bits per heavy atom. The van der Waals surface area contributed by atoms with E-state index in [1.807, 2.05) is 36.1 Å². The molecule has 0 spiro atoms. The molecule has 1 atom stereocenters. The average Bonchev–Trinajstić information content (AvgIpc) is 2.92. The Bertz CT molecular complexity index is 1510. The minimum atomic E-state index is -4.40. The lowest BCUT2D eigenvalue weighted by Gasteiger charge is -2.40. The fourth-order valence-corrected chi connectivity index (χ4v) is 4.85. The zero-order chi connectivity index (χ0) is 26.9. The van der Waals surface area contributed by atoms with Crippen molar-refractivity contribution in [1.29, 1.82) is 5.26 Å². The number of hydrogen-bond acceptors (Lipinski definition) is 5. The summed E-state index contributed by atoms with van der Waals surface area (Å²) in [6.07, 6.45) is -4.14. The van der Waals surface area contributed by atoms with Gasteiger partial charge in [-0.25, -0.2) is 0 Å². The fourth-order valence-electron chi connectivity index (χ4n) is 4.85. The minimum absolute atomic E-state index is 0.0236. The zero-order valence-corrected chi connectivity index (χ0v) is 20.6. The second-order valence-electron chi connectivity index (χ2n) is 9.36. The number of hydrogen-bond donors (Lipinski definition) is 0. The first-order chi connectivity index (χ1) is 18.2. The molecule has 0 N–H and O–H groups in total. The Morgan fingerprint density at radius 3 is 2.29 bits per heavy atom. The standard InChI is InChI=1S/C29H24F3N5O/c1-19-18-36(14-15-37(19)26(38)16-20-6-8-21(17-33)9-7-20)28-25-5-3-2-4-24(25)27(34-35-28)22-10-12-23(13-11-22)29(30,31)32/h2-13,19H,14-16,18H2,1H3/t19-/m0/s1. The van der Waals surface area contributed by atoms with Gasteiger partial charge in [0.05, 0.1) is 23.6 Å². The van der Waals surface area contributed by atoms with Gasteiger partial charge in [0.1, 0.15) is 5.69 Å². The van der Waals surface area contributed by atoms with Crippen molar-refractivity contribution in [2.24, 2.45) is 0 Å². The van der Waals surface area contributed by atoms with E-state index in [4.69, 9.17) is 5.26 Å². The van der Waals surface area contributed by atoms with Gasteiger partial charge in [-0.3, -0.25) is 4.79 Å². The maximum absolute atomic E-state index is 13.0. The van der Waals surface area contributed by atoms with Crippen LogP contribution in [0.15, 0.2) is 72.8 Å². The van der Waals surface area contributed by atoms with Crippen LogP contribution in [0.4, 0.5) is 19.0 Å². The van der Waals surface area contributed by atoms with Crippen molar-refractivity contribution in [2.45, 2.75) is 25.6 Å². The van der Waals surface area contributed by atoms with Crippen LogP contribution in [-0.4, -0.2) is 46.7 Å². The van der Waals surface area contributed by atoms with Gasteiger partial charge in [0, 0.05) is 42.0 Å². The molecule has 3 aromatic carbocycles. The van der Waals surface area contributed by atoms with E-state index in [0.29, 0.717) is 42.3 Å². The van der Waals surface area contributed by atoms with Crippen LogP contribution in [0.3, 0.4) is 0 Å². The SMILES string of the molecule is C[C@H]1CN(c2nnc(-c3ccc(C(F)(F)F)cc3)c3ccccc23)CCN1C(=O)Cc1ccc(C#N)cc1. The van der Waals surface area contributed by atoms with Crippen molar-refractivity contribution >= 4 is 22.5 Å². The monoisotopic (exact) mass is 515 g/mol. The number of carbonyl (C=O) groups excluding carboxylic acids is 1. The van der Waals surface area contributed by atoms with Gasteiger partial charge in [0.15, 0.2) is 5.82 Å². The molecular weight excluding hydrogens is 491 g/mol. The molecule has 4 aromatic rings. The smallest absolute Gasteiger partial charge is 0.351 e. The summed E-state index contributed by atoms with van der Waals surface area (Å²) in [7, 11) is 0. The number of nitriles is 1. The van der Waals surface area contributed by atoms with Crippen LogP contribution in [0.25, 0.3) is 22.0 Å². The summed E-state index contributed by atoms with van der Waals surface area (Å²) in [4.78, 5) is 17.0. The topological polar surface area (TPSA) is 73.1 Å². The van der Waals surface area contributed by atoms with Crippen LogP contribution in [0.1, 0.15) is 23.6 Å². The number of alkyl halides is 3. The van der Waals surface area contributed by atoms with Crippen LogP contribution in [0.2, 0.25) is 0 Å². The molecule has 1 aliphatic rings. The Balaban J connectivity index is 1.35. The van der Waals surface area contributed by atoms with Crippen molar-refractivity contribution in [3.8, 4) is 17.3 Å². The van der Waals surface area contributed by atoms with Crippen LogP contribution in [0, 0.1) is 11.3 Å². The number of aromatic nitrogens is 2. The highest BCUT2D eigenvalue weighted by Crippen LogP contribution is 2.34. The second-order valence-corrected chi connectivity index (χ2v) is 9.36. The van der Waals surface area contributed by atoms with Gasteiger partial charge in [-0.15, -0.1) is 10.2 Å². The third-order valence-corrected chi connectivity index (χ3v) is 6.84. The summed E-state index contributed by atoms with van der Waals surface area (Å²) in [5.41, 5.74) is 1.78. The maximum atomic E-state index is 13.0. The van der Waals surface area contributed by atoms with Crippen LogP contribution >= 0.6 is 0 Å². The summed E-state index contributed by atoms with van der Waals surface area (Å²) in [5.74, 6) is 0.706. The van der Waals surface area contributed by atoms with Gasteiger partial charge in [-0.05, 0) is 36.8 Å². The number of anilines is 1. The van der Waals surface area contributed by atoms with E-state index in [0.717, 1.165) is 28.5 Å². The number of carbonyl (C=O) groups is 1. The molecule has 2 heterocycles. The largest absolute Gasteiger partial charge is 0.416 e. The molecule has 9 heteroatoms. The molecule has 1 aromatic heterocycles. The van der Waals surface area contributed by atoms with Gasteiger partial charge in [0.25, 0.3) is 0 Å². The van der Waals surface area contributed by atoms with Crippen molar-refractivity contribution in [3.05, 3.63) is 89.5 Å². The Kier molecular flexibility index (Phi) is 6.72. The lowest BCUT2D eigenvalue weighted by molar-refractivity contribution is -0.137. The molecule has 0 radical (unpaired) electrons. The molecule has 192 valence electrons. The summed E-state index contributed by atoms with van der Waals surface area (Å²) >= 11 is 0. The molecule has 0 saturated carbocycles. The third kappa shape index (κ3) is 5.02. The van der Waals surface area contributed by atoms with E-state index >= 15 is 0 Å². The number of benzene rings is 3. The Morgan fingerprint density at radius 2 is 1.66 bits per heavy atom. The van der Waals surface area contributed by atoms with Gasteiger partial charge in [-0.1, -0.05) is 48.5 Å². The van der Waals surface area contributed by atoms with Crippen molar-refractivity contribution in [2.75, 3.05) is 24.5 Å². The summed E-state index contributed by atoms with van der Waals surface area (Å²) in [6.45, 7) is 3.65. The Labute approximate surface area is 217 Å². The van der Waals surface area contributed by atoms with E-state index in [-0.39, 0.29) is 18.4 Å². The van der Waals surface area contributed by atoms with Crippen molar-refractivity contribution < 1.29 is 18.0 Å². The lowest BCUT2D eigenvalue weighted by Crippen LogP contribution is -2.54. The van der Waals surface area contributed by atoms with E-state index < -0.39 is 11.7 Å². The number of rotatable bonds is 4. The van der Waals surface area contributed by atoms with E-state index in [1.54, 1.807) is 24.3 Å². The minimum Gasteiger partial charge on any atom is -0.351 e. The molecule has 1 fully saturated rings. The molecule has 0 bridgehead atoms. The summed E-state index contributed by atoms with van der Waals surface area (Å²) in [5, 5.41) is 19.5. The second kappa shape index (κ2) is 10.1. The average molecular weight is 516 g/mol. The predicted molar refractivity (Wildman–Crippen MR) is 138 cm³/mol. The van der Waals surface area contributed by atoms with Gasteiger partial charge < -0.3 is 9.80 Å². The zero-order valence-electron chi connectivity index (χ0n) is 20.6. The molecule has 38 heavy (non-hydrogen) atoms. The predicted octanol–water partition coefficient (Wildman–Crippen LogP) is 5.47. The molecule has 1 saturated heterocycles.